The van der Waals surface area contributed by atoms with E-state index >= 15 is 0 Å². The summed E-state index contributed by atoms with van der Waals surface area (Å²) in [5.74, 6) is -1.97. The van der Waals surface area contributed by atoms with E-state index in [1.54, 1.807) is 6.07 Å². The molecule has 2 aromatic rings. The fourth-order valence-electron chi connectivity index (χ4n) is 2.61. The molecule has 1 aliphatic rings. The summed E-state index contributed by atoms with van der Waals surface area (Å²) in [6.45, 7) is 0. The Hall–Kier alpha value is -2.18. The summed E-state index contributed by atoms with van der Waals surface area (Å²) in [6, 6.07) is 5.63. The molecular formula is C14H12F3N3O. The van der Waals surface area contributed by atoms with Gasteiger partial charge >= 0.3 is 6.18 Å². The van der Waals surface area contributed by atoms with Gasteiger partial charge in [0.25, 0.3) is 5.78 Å². The van der Waals surface area contributed by atoms with Crippen molar-refractivity contribution in [1.82, 2.24) is 15.0 Å². The van der Waals surface area contributed by atoms with Crippen LogP contribution in [0.3, 0.4) is 0 Å². The molecule has 110 valence electrons. The quantitative estimate of drug-likeness (QED) is 0.800. The van der Waals surface area contributed by atoms with E-state index in [-0.39, 0.29) is 0 Å². The van der Waals surface area contributed by atoms with Crippen LogP contribution in [-0.2, 0) is 12.8 Å². The molecule has 7 heteroatoms. The maximum atomic E-state index is 12.4. The third-order valence-corrected chi connectivity index (χ3v) is 3.60. The lowest BCUT2D eigenvalue weighted by molar-refractivity contribution is -0.0888. The zero-order valence-corrected chi connectivity index (χ0v) is 11.0. The predicted octanol–water partition coefficient (Wildman–Crippen LogP) is 2.89. The van der Waals surface area contributed by atoms with Crippen molar-refractivity contribution in [2.24, 2.45) is 0 Å². The van der Waals surface area contributed by atoms with Crippen LogP contribution in [0.5, 0.6) is 0 Å². The zero-order valence-electron chi connectivity index (χ0n) is 11.0. The summed E-state index contributed by atoms with van der Waals surface area (Å²) in [6.07, 6.45) is 0.0514. The van der Waals surface area contributed by atoms with Crippen LogP contribution in [0.15, 0.2) is 24.4 Å². The number of benzene rings is 1. The fourth-order valence-corrected chi connectivity index (χ4v) is 2.61. The first kappa shape index (κ1) is 13.8. The number of aryl methyl sites for hydroxylation is 1. The minimum Gasteiger partial charge on any atom is -0.282 e. The Morgan fingerprint density at radius 1 is 1.19 bits per heavy atom. The Balaban J connectivity index is 1.99. The van der Waals surface area contributed by atoms with Gasteiger partial charge in [-0.1, -0.05) is 17.3 Å². The number of rotatable bonds is 2. The van der Waals surface area contributed by atoms with Gasteiger partial charge in [0.2, 0.25) is 0 Å². The molecule has 0 saturated heterocycles. The van der Waals surface area contributed by atoms with Gasteiger partial charge in [0, 0.05) is 0 Å². The van der Waals surface area contributed by atoms with E-state index in [0.717, 1.165) is 37.4 Å². The highest BCUT2D eigenvalue weighted by molar-refractivity contribution is 5.98. The third kappa shape index (κ3) is 2.55. The van der Waals surface area contributed by atoms with Gasteiger partial charge in [-0.15, -0.1) is 5.10 Å². The number of hydrogen-bond donors (Lipinski definition) is 0. The van der Waals surface area contributed by atoms with E-state index in [4.69, 9.17) is 0 Å². The number of fused-ring (bicyclic) bond motifs is 1. The standard InChI is InChI=1S/C14H12F3N3O/c15-14(16,17)13(21)11-8-20(19-18-11)12-7-3-5-9-4-1-2-6-10(9)12/h3,5,7-8H,1-2,4,6H2. The zero-order chi connectivity index (χ0) is 15.0. The Kier molecular flexibility index (Phi) is 3.27. The summed E-state index contributed by atoms with van der Waals surface area (Å²) in [7, 11) is 0. The first-order valence-corrected chi connectivity index (χ1v) is 6.62. The lowest BCUT2D eigenvalue weighted by atomic mass is 9.90. The second-order valence-electron chi connectivity index (χ2n) is 5.00. The van der Waals surface area contributed by atoms with E-state index in [1.807, 2.05) is 12.1 Å². The molecule has 0 unspecified atom stereocenters. The third-order valence-electron chi connectivity index (χ3n) is 3.60. The molecule has 0 N–H and O–H groups in total. The average molecular weight is 295 g/mol. The van der Waals surface area contributed by atoms with Crippen LogP contribution < -0.4 is 0 Å². The van der Waals surface area contributed by atoms with E-state index in [0.29, 0.717) is 5.69 Å². The summed E-state index contributed by atoms with van der Waals surface area (Å²) in [5, 5.41) is 7.03. The van der Waals surface area contributed by atoms with Crippen molar-refractivity contribution in [2.75, 3.05) is 0 Å². The molecule has 0 amide bonds. The van der Waals surface area contributed by atoms with E-state index < -0.39 is 17.7 Å². The van der Waals surface area contributed by atoms with Crippen LogP contribution in [0.1, 0.15) is 34.5 Å². The Morgan fingerprint density at radius 3 is 2.71 bits per heavy atom. The number of Topliss-reactive ketones (excluding diaryl/α,β-unsaturated/α-hetero) is 1. The van der Waals surface area contributed by atoms with Gasteiger partial charge in [0.1, 0.15) is 0 Å². The molecule has 1 aromatic heterocycles. The number of nitrogens with zero attached hydrogens (tertiary/aromatic N) is 3. The molecule has 0 aliphatic heterocycles. The molecular weight excluding hydrogens is 283 g/mol. The fraction of sp³-hybridized carbons (Fsp3) is 0.357. The topological polar surface area (TPSA) is 47.8 Å². The van der Waals surface area contributed by atoms with Crippen LogP contribution in [0.4, 0.5) is 13.2 Å². The lowest BCUT2D eigenvalue weighted by Crippen LogP contribution is -2.23. The van der Waals surface area contributed by atoms with Crippen molar-refractivity contribution < 1.29 is 18.0 Å². The van der Waals surface area contributed by atoms with Crippen molar-refractivity contribution in [3.05, 3.63) is 41.2 Å². The molecule has 0 atom stereocenters. The molecule has 1 aromatic carbocycles. The van der Waals surface area contributed by atoms with Gasteiger partial charge in [-0.25, -0.2) is 4.68 Å². The molecule has 0 fully saturated rings. The van der Waals surface area contributed by atoms with Crippen molar-refractivity contribution in [3.63, 3.8) is 0 Å². The normalized spacial score (nSPS) is 14.8. The minimum atomic E-state index is -4.93. The largest absolute Gasteiger partial charge is 0.456 e. The van der Waals surface area contributed by atoms with Crippen molar-refractivity contribution in [2.45, 2.75) is 31.9 Å². The van der Waals surface area contributed by atoms with Crippen molar-refractivity contribution in [1.29, 1.82) is 0 Å². The van der Waals surface area contributed by atoms with Gasteiger partial charge in [0.05, 0.1) is 11.9 Å². The number of hydrogen-bond acceptors (Lipinski definition) is 3. The van der Waals surface area contributed by atoms with Gasteiger partial charge in [-0.3, -0.25) is 4.79 Å². The molecule has 1 heterocycles. The molecule has 0 radical (unpaired) electrons. The van der Waals surface area contributed by atoms with Crippen LogP contribution in [0, 0.1) is 0 Å². The number of alkyl halides is 3. The molecule has 0 bridgehead atoms. The number of carbonyl (C=O) groups is 1. The molecule has 0 spiro atoms. The molecule has 0 saturated carbocycles. The average Bonchev–Trinajstić information content (AvgIpc) is 2.94. The maximum absolute atomic E-state index is 12.4. The van der Waals surface area contributed by atoms with Gasteiger partial charge in [0.15, 0.2) is 5.69 Å². The van der Waals surface area contributed by atoms with Crippen LogP contribution in [0.25, 0.3) is 5.69 Å². The van der Waals surface area contributed by atoms with E-state index in [9.17, 15) is 18.0 Å². The predicted molar refractivity (Wildman–Crippen MR) is 68.4 cm³/mol. The van der Waals surface area contributed by atoms with Crippen molar-refractivity contribution in [3.8, 4) is 5.69 Å². The molecule has 1 aliphatic carbocycles. The lowest BCUT2D eigenvalue weighted by Gasteiger charge is -2.18. The Morgan fingerprint density at radius 2 is 1.95 bits per heavy atom. The summed E-state index contributed by atoms with van der Waals surface area (Å²) in [4.78, 5) is 11.2. The highest BCUT2D eigenvalue weighted by Gasteiger charge is 2.41. The Labute approximate surface area is 118 Å². The van der Waals surface area contributed by atoms with E-state index in [2.05, 4.69) is 10.3 Å². The number of aromatic nitrogens is 3. The minimum absolute atomic E-state index is 0.684. The van der Waals surface area contributed by atoms with E-state index in [1.165, 1.54) is 10.2 Å². The summed E-state index contributed by atoms with van der Waals surface area (Å²) >= 11 is 0. The van der Waals surface area contributed by atoms with Gasteiger partial charge in [-0.05, 0) is 42.9 Å². The van der Waals surface area contributed by atoms with Crippen LogP contribution >= 0.6 is 0 Å². The number of ketones is 1. The second-order valence-corrected chi connectivity index (χ2v) is 5.00. The first-order valence-electron chi connectivity index (χ1n) is 6.62. The van der Waals surface area contributed by atoms with Crippen molar-refractivity contribution >= 4 is 5.78 Å². The van der Waals surface area contributed by atoms with Gasteiger partial charge in [-0.2, -0.15) is 13.2 Å². The molecule has 3 rings (SSSR count). The van der Waals surface area contributed by atoms with Gasteiger partial charge < -0.3 is 0 Å². The number of carbonyl (C=O) groups excluding carboxylic acids is 1. The SMILES string of the molecule is O=C(c1cn(-c2cccc3c2CCCC3)nn1)C(F)(F)F. The second kappa shape index (κ2) is 4.98. The van der Waals surface area contributed by atoms with Crippen LogP contribution in [0.2, 0.25) is 0 Å². The first-order chi connectivity index (χ1) is 9.97. The highest BCUT2D eigenvalue weighted by atomic mass is 19.4. The highest BCUT2D eigenvalue weighted by Crippen LogP contribution is 2.27. The van der Waals surface area contributed by atoms with Crippen LogP contribution in [-0.4, -0.2) is 27.0 Å². The maximum Gasteiger partial charge on any atom is 0.456 e. The summed E-state index contributed by atoms with van der Waals surface area (Å²) in [5.41, 5.74) is 2.26. The molecule has 21 heavy (non-hydrogen) atoms. The Bertz CT molecular complexity index is 691. The summed E-state index contributed by atoms with van der Waals surface area (Å²) < 4.78 is 38.4. The monoisotopic (exact) mass is 295 g/mol. The number of halogens is 3. The molecule has 4 nitrogen and oxygen atoms in total. The smallest absolute Gasteiger partial charge is 0.282 e.